The van der Waals surface area contributed by atoms with Gasteiger partial charge in [0.05, 0.1) is 13.2 Å². The molecule has 5 nitrogen and oxygen atoms in total. The van der Waals surface area contributed by atoms with Gasteiger partial charge in [-0.2, -0.15) is 0 Å². The van der Waals surface area contributed by atoms with Gasteiger partial charge >= 0.3 is 0 Å². The highest BCUT2D eigenvalue weighted by molar-refractivity contribution is 5.07. The molecule has 2 saturated carbocycles. The molecule has 1 aromatic rings. The molecule has 2 aliphatic heterocycles. The first-order chi connectivity index (χ1) is 10.3. The van der Waals surface area contributed by atoms with Gasteiger partial charge in [-0.05, 0) is 25.7 Å². The number of fused-ring (bicyclic) bond motifs is 1. The summed E-state index contributed by atoms with van der Waals surface area (Å²) in [7, 11) is 0. The van der Waals surface area contributed by atoms with Gasteiger partial charge in [0, 0.05) is 42.8 Å². The molecule has 2 saturated heterocycles. The molecule has 1 aromatic heterocycles. The summed E-state index contributed by atoms with van der Waals surface area (Å²) < 4.78 is 11.7. The Kier molecular flexibility index (Phi) is 2.71. The van der Waals surface area contributed by atoms with E-state index in [9.17, 15) is 0 Å². The molecule has 0 aromatic carbocycles. The van der Waals surface area contributed by atoms with Crippen LogP contribution in [0.2, 0.25) is 0 Å². The zero-order valence-electron chi connectivity index (χ0n) is 12.5. The van der Waals surface area contributed by atoms with Crippen molar-refractivity contribution in [3.8, 4) is 0 Å². The lowest BCUT2D eigenvalue weighted by molar-refractivity contribution is 0.0883. The molecule has 0 spiro atoms. The highest BCUT2D eigenvalue weighted by Crippen LogP contribution is 2.46. The Morgan fingerprint density at radius 1 is 1.19 bits per heavy atom. The maximum atomic E-state index is 5.91. The second-order valence-electron chi connectivity index (χ2n) is 7.57. The SMILES string of the molecule is C1CC(N2C[C@@H]3COC[C@]3(Cc3nnc(C4CC4)o3)C2)C1. The number of hydrogen-bond acceptors (Lipinski definition) is 5. The largest absolute Gasteiger partial charge is 0.425 e. The molecular weight excluding hydrogens is 266 g/mol. The van der Waals surface area contributed by atoms with Crippen LogP contribution in [-0.2, 0) is 11.2 Å². The van der Waals surface area contributed by atoms with E-state index < -0.39 is 0 Å². The van der Waals surface area contributed by atoms with Crippen molar-refractivity contribution in [3.05, 3.63) is 11.8 Å². The minimum Gasteiger partial charge on any atom is -0.425 e. The molecule has 5 heteroatoms. The molecule has 2 aliphatic carbocycles. The lowest BCUT2D eigenvalue weighted by Crippen LogP contribution is -2.41. The zero-order valence-corrected chi connectivity index (χ0v) is 12.5. The van der Waals surface area contributed by atoms with Gasteiger partial charge in [0.2, 0.25) is 11.8 Å². The topological polar surface area (TPSA) is 51.4 Å². The zero-order chi connectivity index (χ0) is 13.9. The van der Waals surface area contributed by atoms with Gasteiger partial charge < -0.3 is 9.15 Å². The average Bonchev–Trinajstić information content (AvgIpc) is 2.89. The van der Waals surface area contributed by atoms with Crippen molar-refractivity contribution >= 4 is 0 Å². The molecule has 3 heterocycles. The van der Waals surface area contributed by atoms with E-state index in [4.69, 9.17) is 9.15 Å². The summed E-state index contributed by atoms with van der Waals surface area (Å²) in [4.78, 5) is 2.70. The Labute approximate surface area is 125 Å². The summed E-state index contributed by atoms with van der Waals surface area (Å²) in [6.45, 7) is 4.13. The van der Waals surface area contributed by atoms with Crippen LogP contribution in [0.25, 0.3) is 0 Å². The van der Waals surface area contributed by atoms with Crippen molar-refractivity contribution in [2.45, 2.75) is 50.5 Å². The van der Waals surface area contributed by atoms with E-state index in [2.05, 4.69) is 15.1 Å². The molecule has 114 valence electrons. The molecule has 0 bridgehead atoms. The van der Waals surface area contributed by atoms with Crippen LogP contribution in [-0.4, -0.2) is 47.4 Å². The molecule has 2 atom stereocenters. The van der Waals surface area contributed by atoms with Crippen molar-refractivity contribution in [1.29, 1.82) is 0 Å². The Balaban J connectivity index is 1.34. The fourth-order valence-electron chi connectivity index (χ4n) is 4.29. The van der Waals surface area contributed by atoms with E-state index in [1.165, 1.54) is 38.6 Å². The van der Waals surface area contributed by atoms with Gasteiger partial charge in [-0.3, -0.25) is 4.90 Å². The van der Waals surface area contributed by atoms with Gasteiger partial charge in [-0.1, -0.05) is 6.42 Å². The normalized spacial score (nSPS) is 36.9. The monoisotopic (exact) mass is 289 g/mol. The lowest BCUT2D eigenvalue weighted by Gasteiger charge is -2.36. The third-order valence-corrected chi connectivity index (χ3v) is 6.05. The van der Waals surface area contributed by atoms with Crippen molar-refractivity contribution in [3.63, 3.8) is 0 Å². The smallest absolute Gasteiger partial charge is 0.219 e. The van der Waals surface area contributed by atoms with Crippen LogP contribution in [0.4, 0.5) is 0 Å². The fraction of sp³-hybridized carbons (Fsp3) is 0.875. The first-order valence-corrected chi connectivity index (χ1v) is 8.46. The summed E-state index contributed by atoms with van der Waals surface area (Å²) in [5.74, 6) is 2.90. The molecule has 0 unspecified atom stereocenters. The van der Waals surface area contributed by atoms with Crippen molar-refractivity contribution < 1.29 is 9.15 Å². The molecular formula is C16H23N3O2. The van der Waals surface area contributed by atoms with Gasteiger partial charge in [-0.15, -0.1) is 10.2 Å². The van der Waals surface area contributed by atoms with Crippen molar-refractivity contribution in [2.75, 3.05) is 26.3 Å². The lowest BCUT2D eigenvalue weighted by atomic mass is 9.78. The maximum Gasteiger partial charge on any atom is 0.219 e. The number of aromatic nitrogens is 2. The van der Waals surface area contributed by atoms with E-state index >= 15 is 0 Å². The van der Waals surface area contributed by atoms with Crippen LogP contribution in [0.5, 0.6) is 0 Å². The third-order valence-electron chi connectivity index (χ3n) is 6.05. The molecule has 0 N–H and O–H groups in total. The summed E-state index contributed by atoms with van der Waals surface area (Å²) in [5, 5.41) is 8.55. The Morgan fingerprint density at radius 2 is 2.10 bits per heavy atom. The molecule has 0 radical (unpaired) electrons. The van der Waals surface area contributed by atoms with Crippen LogP contribution in [0, 0.1) is 11.3 Å². The maximum absolute atomic E-state index is 5.91. The number of likely N-dealkylation sites (tertiary alicyclic amines) is 1. The standard InChI is InChI=1S/C16H23N3O2/c1-2-13(3-1)19-7-12-8-20-10-16(12,9-19)6-14-17-18-15(21-14)11-4-5-11/h11-13H,1-10H2/t12-,16+/m1/s1. The molecule has 4 fully saturated rings. The van der Waals surface area contributed by atoms with E-state index in [0.29, 0.717) is 11.8 Å². The van der Waals surface area contributed by atoms with Crippen LogP contribution in [0.15, 0.2) is 4.42 Å². The second kappa shape index (κ2) is 4.53. The van der Waals surface area contributed by atoms with Gasteiger partial charge in [-0.25, -0.2) is 0 Å². The van der Waals surface area contributed by atoms with Gasteiger partial charge in [0.15, 0.2) is 0 Å². The molecule has 21 heavy (non-hydrogen) atoms. The summed E-state index contributed by atoms with van der Waals surface area (Å²) in [5.41, 5.74) is 0.225. The van der Waals surface area contributed by atoms with E-state index in [-0.39, 0.29) is 5.41 Å². The van der Waals surface area contributed by atoms with E-state index in [1.54, 1.807) is 0 Å². The molecule has 0 amide bonds. The first-order valence-electron chi connectivity index (χ1n) is 8.46. The van der Waals surface area contributed by atoms with Gasteiger partial charge in [0.25, 0.3) is 0 Å². The second-order valence-corrected chi connectivity index (χ2v) is 7.57. The Bertz CT molecular complexity index is 537. The Hall–Kier alpha value is -0.940. The first kappa shape index (κ1) is 12.6. The number of ether oxygens (including phenoxy) is 1. The number of rotatable bonds is 4. The summed E-state index contributed by atoms with van der Waals surface area (Å²) in [6.07, 6.45) is 7.51. The van der Waals surface area contributed by atoms with Crippen LogP contribution < -0.4 is 0 Å². The van der Waals surface area contributed by atoms with E-state index in [1.807, 2.05) is 0 Å². The molecule has 5 rings (SSSR count). The predicted molar refractivity (Wildman–Crippen MR) is 75.9 cm³/mol. The number of hydrogen-bond donors (Lipinski definition) is 0. The minimum absolute atomic E-state index is 0.225. The van der Waals surface area contributed by atoms with Crippen LogP contribution in [0.1, 0.15) is 49.8 Å². The highest BCUT2D eigenvalue weighted by Gasteiger charge is 2.53. The van der Waals surface area contributed by atoms with Crippen LogP contribution in [0.3, 0.4) is 0 Å². The predicted octanol–water partition coefficient (Wildman–Crippen LogP) is 1.99. The Morgan fingerprint density at radius 3 is 2.86 bits per heavy atom. The van der Waals surface area contributed by atoms with Crippen LogP contribution >= 0.6 is 0 Å². The van der Waals surface area contributed by atoms with Gasteiger partial charge in [0.1, 0.15) is 0 Å². The highest BCUT2D eigenvalue weighted by atomic mass is 16.5. The number of nitrogens with zero attached hydrogens (tertiary/aromatic N) is 3. The quantitative estimate of drug-likeness (QED) is 0.848. The summed E-state index contributed by atoms with van der Waals surface area (Å²) in [6, 6.07) is 0.831. The average molecular weight is 289 g/mol. The third kappa shape index (κ3) is 2.05. The fourth-order valence-corrected chi connectivity index (χ4v) is 4.29. The van der Waals surface area contributed by atoms with Crippen molar-refractivity contribution in [2.24, 2.45) is 11.3 Å². The van der Waals surface area contributed by atoms with Crippen molar-refractivity contribution in [1.82, 2.24) is 15.1 Å². The minimum atomic E-state index is 0.225. The summed E-state index contributed by atoms with van der Waals surface area (Å²) >= 11 is 0. The van der Waals surface area contributed by atoms with E-state index in [0.717, 1.165) is 44.0 Å². The molecule has 4 aliphatic rings.